The van der Waals surface area contributed by atoms with Gasteiger partial charge in [-0.15, -0.1) is 0 Å². The highest BCUT2D eigenvalue weighted by atomic mass is 16.4. The van der Waals surface area contributed by atoms with Crippen LogP contribution in [-0.4, -0.2) is 32.9 Å². The fraction of sp³-hybridized carbons (Fsp3) is 0.357. The normalized spacial score (nSPS) is 32.9. The molecule has 2 heterocycles. The first-order chi connectivity index (χ1) is 10.1. The molecule has 0 aromatic carbocycles. The Morgan fingerprint density at radius 1 is 1.10 bits per heavy atom. The predicted octanol–water partition coefficient (Wildman–Crippen LogP) is 0.486. The number of aromatic carboxylic acids is 1. The molecule has 1 aromatic heterocycles. The molecule has 1 aromatic rings. The molecule has 2 aliphatic carbocycles. The van der Waals surface area contributed by atoms with Crippen LogP contribution in [0.4, 0.5) is 5.82 Å². The van der Waals surface area contributed by atoms with E-state index in [9.17, 15) is 14.4 Å². The molecule has 1 saturated heterocycles. The van der Waals surface area contributed by atoms with Crippen LogP contribution in [0.25, 0.3) is 0 Å². The second kappa shape index (κ2) is 3.97. The van der Waals surface area contributed by atoms with Gasteiger partial charge in [0.15, 0.2) is 11.5 Å². The van der Waals surface area contributed by atoms with Gasteiger partial charge in [0, 0.05) is 12.4 Å². The van der Waals surface area contributed by atoms with Crippen LogP contribution in [0.1, 0.15) is 16.9 Å². The molecule has 3 aliphatic rings. The van der Waals surface area contributed by atoms with Crippen LogP contribution < -0.4 is 4.90 Å². The summed E-state index contributed by atoms with van der Waals surface area (Å²) in [4.78, 5) is 44.9. The number of carboxylic acid groups (broad SMARTS) is 1. The van der Waals surface area contributed by atoms with Crippen molar-refractivity contribution in [3.63, 3.8) is 0 Å². The minimum Gasteiger partial charge on any atom is -0.476 e. The molecule has 4 atom stereocenters. The molecule has 0 radical (unpaired) electrons. The molecule has 7 heteroatoms. The minimum atomic E-state index is -1.31. The van der Waals surface area contributed by atoms with Crippen LogP contribution in [0.15, 0.2) is 24.5 Å². The Kier molecular flexibility index (Phi) is 2.30. The third kappa shape index (κ3) is 1.45. The highest BCUT2D eigenvalue weighted by Crippen LogP contribution is 2.53. The van der Waals surface area contributed by atoms with E-state index < -0.39 is 5.97 Å². The molecule has 4 unspecified atom stereocenters. The van der Waals surface area contributed by atoms with Crippen molar-refractivity contribution in [2.45, 2.75) is 6.42 Å². The molecular weight excluding hydrogens is 274 g/mol. The third-order valence-electron chi connectivity index (χ3n) is 4.56. The van der Waals surface area contributed by atoms with Crippen molar-refractivity contribution in [3.8, 4) is 0 Å². The maximum Gasteiger partial charge on any atom is 0.358 e. The molecule has 2 fully saturated rings. The summed E-state index contributed by atoms with van der Waals surface area (Å²) in [7, 11) is 0. The highest BCUT2D eigenvalue weighted by Gasteiger charge is 2.60. The van der Waals surface area contributed by atoms with E-state index in [1.165, 1.54) is 12.4 Å². The number of anilines is 1. The molecule has 7 nitrogen and oxygen atoms in total. The van der Waals surface area contributed by atoms with E-state index in [1.807, 2.05) is 12.2 Å². The molecule has 0 spiro atoms. The van der Waals surface area contributed by atoms with E-state index in [2.05, 4.69) is 9.97 Å². The van der Waals surface area contributed by atoms with Gasteiger partial charge in [-0.3, -0.25) is 9.59 Å². The number of amides is 2. The molecule has 21 heavy (non-hydrogen) atoms. The molecule has 4 rings (SSSR count). The topological polar surface area (TPSA) is 100 Å². The predicted molar refractivity (Wildman–Crippen MR) is 69.2 cm³/mol. The highest BCUT2D eigenvalue weighted by molar-refractivity contribution is 6.23. The van der Waals surface area contributed by atoms with E-state index in [0.717, 1.165) is 11.3 Å². The van der Waals surface area contributed by atoms with Crippen molar-refractivity contribution in [1.29, 1.82) is 0 Å². The van der Waals surface area contributed by atoms with Crippen LogP contribution in [0.2, 0.25) is 0 Å². The fourth-order valence-electron chi connectivity index (χ4n) is 3.76. The van der Waals surface area contributed by atoms with Crippen molar-refractivity contribution < 1.29 is 19.5 Å². The number of fused-ring (bicyclic) bond motifs is 5. The van der Waals surface area contributed by atoms with Crippen molar-refractivity contribution in [3.05, 3.63) is 30.2 Å². The first-order valence-corrected chi connectivity index (χ1v) is 6.70. The van der Waals surface area contributed by atoms with Gasteiger partial charge in [-0.2, -0.15) is 0 Å². The SMILES string of the molecule is O=C(O)c1nccnc1N1C(=O)C2C3C=CC(C3)C2C1=O. The lowest BCUT2D eigenvalue weighted by atomic mass is 9.85. The van der Waals surface area contributed by atoms with E-state index in [1.54, 1.807) is 0 Å². The number of imide groups is 1. The number of carboxylic acids is 1. The second-order valence-corrected chi connectivity index (χ2v) is 5.55. The summed E-state index contributed by atoms with van der Waals surface area (Å²) in [5.41, 5.74) is -0.375. The quantitative estimate of drug-likeness (QED) is 0.627. The summed E-state index contributed by atoms with van der Waals surface area (Å²) in [6.45, 7) is 0. The molecule has 2 amide bonds. The zero-order valence-corrected chi connectivity index (χ0v) is 10.8. The Hall–Kier alpha value is -2.57. The van der Waals surface area contributed by atoms with Gasteiger partial charge in [0.05, 0.1) is 11.8 Å². The first kappa shape index (κ1) is 12.2. The average molecular weight is 285 g/mol. The number of carbonyl (C=O) groups excluding carboxylic acids is 2. The van der Waals surface area contributed by atoms with Gasteiger partial charge in [-0.25, -0.2) is 19.7 Å². The van der Waals surface area contributed by atoms with Gasteiger partial charge in [-0.1, -0.05) is 12.2 Å². The van der Waals surface area contributed by atoms with E-state index in [-0.39, 0.29) is 47.0 Å². The van der Waals surface area contributed by atoms with Gasteiger partial charge in [-0.05, 0) is 18.3 Å². The first-order valence-electron chi connectivity index (χ1n) is 6.70. The number of rotatable bonds is 2. The Bertz CT molecular complexity index is 684. The van der Waals surface area contributed by atoms with E-state index in [0.29, 0.717) is 0 Å². The van der Waals surface area contributed by atoms with Crippen LogP contribution in [-0.2, 0) is 9.59 Å². The van der Waals surface area contributed by atoms with Gasteiger partial charge in [0.2, 0.25) is 11.8 Å². The summed E-state index contributed by atoms with van der Waals surface area (Å²) in [5, 5.41) is 9.15. The van der Waals surface area contributed by atoms with Crippen molar-refractivity contribution in [1.82, 2.24) is 9.97 Å². The second-order valence-electron chi connectivity index (χ2n) is 5.55. The lowest BCUT2D eigenvalue weighted by Crippen LogP contribution is -2.35. The summed E-state index contributed by atoms with van der Waals surface area (Å²) in [5.74, 6) is -2.80. The summed E-state index contributed by atoms with van der Waals surface area (Å²) >= 11 is 0. The monoisotopic (exact) mass is 285 g/mol. The maximum absolute atomic E-state index is 12.6. The number of nitrogens with zero attached hydrogens (tertiary/aromatic N) is 3. The number of allylic oxidation sites excluding steroid dienone is 2. The van der Waals surface area contributed by atoms with E-state index >= 15 is 0 Å². The van der Waals surface area contributed by atoms with Gasteiger partial charge >= 0.3 is 5.97 Å². The molecule has 1 saturated carbocycles. The van der Waals surface area contributed by atoms with Crippen molar-refractivity contribution in [2.24, 2.45) is 23.7 Å². The molecule has 106 valence electrons. The molecule has 1 aliphatic heterocycles. The minimum absolute atomic E-state index is 0.0754. The third-order valence-corrected chi connectivity index (χ3v) is 4.56. The smallest absolute Gasteiger partial charge is 0.358 e. The molecular formula is C14H11N3O4. The van der Waals surface area contributed by atoms with Crippen LogP contribution in [0.3, 0.4) is 0 Å². The summed E-state index contributed by atoms with van der Waals surface area (Å²) in [6, 6.07) is 0. The van der Waals surface area contributed by atoms with Gasteiger partial charge < -0.3 is 5.11 Å². The number of hydrogen-bond acceptors (Lipinski definition) is 5. The van der Waals surface area contributed by atoms with Gasteiger partial charge in [0.1, 0.15) is 0 Å². The lowest BCUT2D eigenvalue weighted by molar-refractivity contribution is -0.123. The fourth-order valence-corrected chi connectivity index (χ4v) is 3.76. The Morgan fingerprint density at radius 2 is 1.67 bits per heavy atom. The van der Waals surface area contributed by atoms with Crippen molar-refractivity contribution in [2.75, 3.05) is 4.90 Å². The molecule has 2 bridgehead atoms. The van der Waals surface area contributed by atoms with Crippen LogP contribution in [0.5, 0.6) is 0 Å². The zero-order valence-electron chi connectivity index (χ0n) is 10.8. The number of carbonyl (C=O) groups is 3. The average Bonchev–Trinajstić information content (AvgIpc) is 3.13. The van der Waals surface area contributed by atoms with Crippen LogP contribution >= 0.6 is 0 Å². The van der Waals surface area contributed by atoms with Gasteiger partial charge in [0.25, 0.3) is 0 Å². The van der Waals surface area contributed by atoms with E-state index in [4.69, 9.17) is 5.11 Å². The largest absolute Gasteiger partial charge is 0.476 e. The number of aromatic nitrogens is 2. The Balaban J connectivity index is 1.80. The Morgan fingerprint density at radius 3 is 2.24 bits per heavy atom. The number of hydrogen-bond donors (Lipinski definition) is 1. The lowest BCUT2D eigenvalue weighted by Gasteiger charge is -2.17. The van der Waals surface area contributed by atoms with Crippen LogP contribution in [0, 0.1) is 23.7 Å². The standard InChI is InChI=1S/C14H11N3O4/c18-12-8-6-1-2-7(5-6)9(8)13(19)17(12)11-10(14(20)21)15-3-4-16-11/h1-4,6-9H,5H2,(H,20,21). The van der Waals surface area contributed by atoms with Crippen molar-refractivity contribution >= 4 is 23.6 Å². The summed E-state index contributed by atoms with van der Waals surface area (Å²) in [6.07, 6.45) is 7.30. The Labute approximate surface area is 119 Å². The maximum atomic E-state index is 12.6. The zero-order chi connectivity index (χ0) is 14.7. The summed E-state index contributed by atoms with van der Waals surface area (Å²) < 4.78 is 0. The molecule has 1 N–H and O–H groups in total.